The van der Waals surface area contributed by atoms with Gasteiger partial charge in [-0.15, -0.1) is 0 Å². The van der Waals surface area contributed by atoms with Gasteiger partial charge in [0.2, 0.25) is 0 Å². The predicted octanol–water partition coefficient (Wildman–Crippen LogP) is 3.96. The highest BCUT2D eigenvalue weighted by Gasteiger charge is 2.25. The summed E-state index contributed by atoms with van der Waals surface area (Å²) < 4.78 is 23.3. The number of aromatic nitrogens is 2. The summed E-state index contributed by atoms with van der Waals surface area (Å²) in [7, 11) is 0. The quantitative estimate of drug-likeness (QED) is 0.0935. The molecule has 0 fully saturated rings. The number of benzene rings is 3. The highest BCUT2D eigenvalue weighted by atomic mass is 16.8. The van der Waals surface area contributed by atoms with E-state index in [9.17, 15) is 9.90 Å². The fourth-order valence-corrected chi connectivity index (χ4v) is 4.49. The highest BCUT2D eigenvalue weighted by Crippen LogP contribution is 2.29. The molecule has 0 aliphatic carbocycles. The molecular formula is C29H28N4O7. The maximum absolute atomic E-state index is 13.2. The van der Waals surface area contributed by atoms with E-state index in [4.69, 9.17) is 29.9 Å². The van der Waals surface area contributed by atoms with Crippen molar-refractivity contribution in [3.8, 4) is 17.1 Å². The van der Waals surface area contributed by atoms with Crippen LogP contribution >= 0.6 is 0 Å². The number of carbonyl (C=O) groups excluding carboxylic acids is 1. The minimum Gasteiger partial charge on any atom is -0.465 e. The molecule has 2 heterocycles. The van der Waals surface area contributed by atoms with Gasteiger partial charge < -0.3 is 35.0 Å². The Hall–Kier alpha value is -5.03. The monoisotopic (exact) mass is 544 g/mol. The van der Waals surface area contributed by atoms with Crippen molar-refractivity contribution < 1.29 is 34.1 Å². The molecule has 11 heteroatoms. The number of para-hydroxylation sites is 1. The van der Waals surface area contributed by atoms with Crippen molar-refractivity contribution in [1.29, 1.82) is 0 Å². The standard InChI is InChI=1S/C29H28N4O7/c1-3-37-28-31-23-10-6-9-22(27(34)38-16-24-17(2)39-29(35)40-24)25(23)33(28)15-18-11-13-19(14-12-18)20-7-4-5-8-21(20)26(30)32-36/h4-14,29,35-36H,3,15-16H2,1-2H3,(H2,30,32). The summed E-state index contributed by atoms with van der Waals surface area (Å²) in [5.41, 5.74) is 10.6. The van der Waals surface area contributed by atoms with Crippen LogP contribution in [-0.4, -0.2) is 51.4 Å². The summed E-state index contributed by atoms with van der Waals surface area (Å²) in [6, 6.07) is 20.8. The number of imidazole rings is 1. The third-order valence-corrected chi connectivity index (χ3v) is 6.39. The van der Waals surface area contributed by atoms with Gasteiger partial charge in [0.15, 0.2) is 18.2 Å². The molecule has 1 atom stereocenters. The van der Waals surface area contributed by atoms with Crippen molar-refractivity contribution in [3.63, 3.8) is 0 Å². The Balaban J connectivity index is 1.45. The zero-order valence-electron chi connectivity index (χ0n) is 21.9. The molecule has 3 aromatic carbocycles. The molecule has 1 aliphatic heterocycles. The largest absolute Gasteiger partial charge is 0.465 e. The number of amidine groups is 1. The summed E-state index contributed by atoms with van der Waals surface area (Å²) in [6.45, 7) is 2.63. The number of fused-ring (bicyclic) bond motifs is 1. The van der Waals surface area contributed by atoms with Crippen molar-refractivity contribution in [2.75, 3.05) is 13.2 Å². The Bertz CT molecular complexity index is 1610. The molecule has 5 rings (SSSR count). The molecular weight excluding hydrogens is 516 g/mol. The SMILES string of the molecule is CCOc1nc2cccc(C(=O)OCC3=C(C)OC(O)O3)c2n1Cc1ccc(-c2ccccc2C(N)=NO)cc1. The number of ether oxygens (including phenoxy) is 4. The first-order valence-electron chi connectivity index (χ1n) is 12.6. The molecule has 0 radical (unpaired) electrons. The number of oxime groups is 1. The molecule has 4 N–H and O–H groups in total. The van der Waals surface area contributed by atoms with E-state index < -0.39 is 12.4 Å². The number of rotatable bonds is 9. The average molecular weight is 545 g/mol. The second-order valence-electron chi connectivity index (χ2n) is 8.91. The maximum atomic E-state index is 13.2. The first-order valence-corrected chi connectivity index (χ1v) is 12.6. The van der Waals surface area contributed by atoms with E-state index in [1.54, 1.807) is 31.2 Å². The van der Waals surface area contributed by atoms with Crippen LogP contribution in [0.25, 0.3) is 22.2 Å². The van der Waals surface area contributed by atoms with E-state index in [0.29, 0.717) is 47.1 Å². The molecule has 11 nitrogen and oxygen atoms in total. The summed E-state index contributed by atoms with van der Waals surface area (Å²) in [5, 5.41) is 21.8. The van der Waals surface area contributed by atoms with Gasteiger partial charge in [0.25, 0.3) is 6.01 Å². The van der Waals surface area contributed by atoms with Gasteiger partial charge >= 0.3 is 12.4 Å². The van der Waals surface area contributed by atoms with Gasteiger partial charge in [0, 0.05) is 5.56 Å². The van der Waals surface area contributed by atoms with Crippen LogP contribution in [0.5, 0.6) is 6.01 Å². The van der Waals surface area contributed by atoms with Crippen molar-refractivity contribution in [2.24, 2.45) is 10.9 Å². The Morgan fingerprint density at radius 2 is 1.82 bits per heavy atom. The smallest absolute Gasteiger partial charge is 0.358 e. The lowest BCUT2D eigenvalue weighted by Gasteiger charge is -2.13. The van der Waals surface area contributed by atoms with Crippen LogP contribution in [0.2, 0.25) is 0 Å². The number of aliphatic hydroxyl groups is 1. The molecule has 0 saturated heterocycles. The molecule has 40 heavy (non-hydrogen) atoms. The predicted molar refractivity (Wildman–Crippen MR) is 146 cm³/mol. The molecule has 0 spiro atoms. The van der Waals surface area contributed by atoms with Crippen LogP contribution in [0, 0.1) is 0 Å². The van der Waals surface area contributed by atoms with Gasteiger partial charge in [-0.1, -0.05) is 59.8 Å². The Labute approximate surface area is 229 Å². The fourth-order valence-electron chi connectivity index (χ4n) is 4.49. The molecule has 0 bridgehead atoms. The number of hydrogen-bond donors (Lipinski definition) is 3. The summed E-state index contributed by atoms with van der Waals surface area (Å²) in [4.78, 5) is 17.8. The molecule has 206 valence electrons. The van der Waals surface area contributed by atoms with Crippen molar-refractivity contribution >= 4 is 22.8 Å². The minimum atomic E-state index is -1.41. The minimum absolute atomic E-state index is 0.0278. The lowest BCUT2D eigenvalue weighted by molar-refractivity contribution is -0.194. The molecule has 1 aromatic heterocycles. The first kappa shape index (κ1) is 26.6. The van der Waals surface area contributed by atoms with E-state index in [-0.39, 0.29) is 18.2 Å². The van der Waals surface area contributed by atoms with Crippen LogP contribution in [0.3, 0.4) is 0 Å². The number of aliphatic hydroxyl groups excluding tert-OH is 1. The number of nitrogens with zero attached hydrogens (tertiary/aromatic N) is 3. The topological polar surface area (TPSA) is 151 Å². The lowest BCUT2D eigenvalue weighted by atomic mass is 9.98. The van der Waals surface area contributed by atoms with Gasteiger partial charge in [0.1, 0.15) is 5.76 Å². The Morgan fingerprint density at radius 3 is 2.52 bits per heavy atom. The summed E-state index contributed by atoms with van der Waals surface area (Å²) >= 11 is 0. The van der Waals surface area contributed by atoms with Gasteiger partial charge in [-0.2, -0.15) is 4.98 Å². The number of allylic oxidation sites excluding steroid dienone is 1. The normalized spacial score (nSPS) is 15.2. The van der Waals surface area contributed by atoms with E-state index >= 15 is 0 Å². The first-order chi connectivity index (χ1) is 19.4. The Kier molecular flexibility index (Phi) is 7.56. The summed E-state index contributed by atoms with van der Waals surface area (Å²) in [5.74, 6) is 0.0277. The molecule has 0 saturated carbocycles. The molecule has 1 aliphatic rings. The third-order valence-electron chi connectivity index (χ3n) is 6.39. The molecule has 4 aromatic rings. The average Bonchev–Trinajstić information content (AvgIpc) is 3.49. The van der Waals surface area contributed by atoms with Gasteiger partial charge in [-0.25, -0.2) is 4.79 Å². The van der Waals surface area contributed by atoms with Gasteiger partial charge in [-0.3, -0.25) is 4.57 Å². The lowest BCUT2D eigenvalue weighted by Crippen LogP contribution is -2.14. The zero-order chi connectivity index (χ0) is 28.2. The van der Waals surface area contributed by atoms with Crippen LogP contribution < -0.4 is 10.5 Å². The number of esters is 1. The second kappa shape index (κ2) is 11.4. The molecule has 1 unspecified atom stereocenters. The van der Waals surface area contributed by atoms with Crippen LogP contribution in [0.1, 0.15) is 35.3 Å². The summed E-state index contributed by atoms with van der Waals surface area (Å²) in [6.07, 6.45) is 0. The van der Waals surface area contributed by atoms with Gasteiger partial charge in [-0.05, 0) is 42.7 Å². The van der Waals surface area contributed by atoms with E-state index in [2.05, 4.69) is 10.1 Å². The number of nitrogens with two attached hydrogens (primary N) is 1. The highest BCUT2D eigenvalue weighted by molar-refractivity contribution is 6.03. The van der Waals surface area contributed by atoms with Crippen LogP contribution in [-0.2, 0) is 20.8 Å². The molecule has 0 amide bonds. The third kappa shape index (κ3) is 5.27. The van der Waals surface area contributed by atoms with Crippen LogP contribution in [0.15, 0.2) is 83.4 Å². The van der Waals surface area contributed by atoms with Crippen molar-refractivity contribution in [1.82, 2.24) is 9.55 Å². The van der Waals surface area contributed by atoms with Crippen LogP contribution in [0.4, 0.5) is 0 Å². The van der Waals surface area contributed by atoms with E-state index in [0.717, 1.165) is 16.7 Å². The second-order valence-corrected chi connectivity index (χ2v) is 8.91. The maximum Gasteiger partial charge on any atom is 0.358 e. The van der Waals surface area contributed by atoms with E-state index in [1.165, 1.54) is 0 Å². The Morgan fingerprint density at radius 1 is 1.07 bits per heavy atom. The van der Waals surface area contributed by atoms with Crippen molar-refractivity contribution in [2.45, 2.75) is 26.9 Å². The number of carbonyl (C=O) groups is 1. The zero-order valence-corrected chi connectivity index (χ0v) is 21.9. The van der Waals surface area contributed by atoms with Crippen molar-refractivity contribution in [3.05, 3.63) is 94.9 Å². The van der Waals surface area contributed by atoms with Gasteiger partial charge in [0.05, 0.1) is 29.7 Å². The fraction of sp³-hybridized carbons (Fsp3) is 0.207. The van der Waals surface area contributed by atoms with E-state index in [1.807, 2.05) is 54.0 Å². The number of hydrogen-bond acceptors (Lipinski definition) is 9.